The molecule has 2 N–H and O–H groups in total. The number of aromatic amines is 1. The van der Waals surface area contributed by atoms with Crippen LogP contribution in [0, 0.1) is 0 Å². The molecule has 0 atom stereocenters. The largest absolute Gasteiger partial charge is 0.506 e. The summed E-state index contributed by atoms with van der Waals surface area (Å²) in [6.45, 7) is 6.30. The third kappa shape index (κ3) is 4.04. The van der Waals surface area contributed by atoms with Crippen molar-refractivity contribution in [3.8, 4) is 17.0 Å². The van der Waals surface area contributed by atoms with Gasteiger partial charge in [0.1, 0.15) is 16.9 Å². The van der Waals surface area contributed by atoms with Crippen molar-refractivity contribution in [2.45, 2.75) is 33.2 Å². The minimum absolute atomic E-state index is 0.0707. The highest BCUT2D eigenvalue weighted by Gasteiger charge is 2.17. The van der Waals surface area contributed by atoms with Gasteiger partial charge in [0, 0.05) is 21.9 Å². The van der Waals surface area contributed by atoms with Gasteiger partial charge in [-0.05, 0) is 42.7 Å². The molecule has 0 unspecified atom stereocenters. The number of nitrogens with zero attached hydrogens (tertiary/aromatic N) is 2. The Morgan fingerprint density at radius 3 is 2.45 bits per heavy atom. The molecule has 0 amide bonds. The summed E-state index contributed by atoms with van der Waals surface area (Å²) in [5.74, 6) is 0.321. The molecule has 0 aliphatic heterocycles. The van der Waals surface area contributed by atoms with E-state index < -0.39 is 5.63 Å². The Morgan fingerprint density at radius 1 is 0.974 bits per heavy atom. The zero-order valence-electron chi connectivity index (χ0n) is 21.4. The van der Waals surface area contributed by atoms with Crippen LogP contribution in [0.3, 0.4) is 0 Å². The fourth-order valence-electron chi connectivity index (χ4n) is 4.95. The summed E-state index contributed by atoms with van der Waals surface area (Å²) in [7, 11) is 0. The number of pyridine rings is 1. The lowest BCUT2D eigenvalue weighted by Gasteiger charge is -2.10. The average Bonchev–Trinajstić information content (AvgIpc) is 3.30. The summed E-state index contributed by atoms with van der Waals surface area (Å²) in [4.78, 5) is 25.9. The molecule has 6 heteroatoms. The monoisotopic (exact) mass is 501 g/mol. The van der Waals surface area contributed by atoms with Crippen LogP contribution in [0.2, 0.25) is 0 Å². The van der Waals surface area contributed by atoms with E-state index in [1.54, 1.807) is 31.2 Å². The molecule has 6 aromatic rings. The molecular weight excluding hydrogens is 474 g/mol. The van der Waals surface area contributed by atoms with E-state index in [1.165, 1.54) is 5.56 Å². The van der Waals surface area contributed by atoms with E-state index in [0.29, 0.717) is 22.6 Å². The molecule has 3 aromatic carbocycles. The van der Waals surface area contributed by atoms with Crippen LogP contribution >= 0.6 is 0 Å². The van der Waals surface area contributed by atoms with E-state index in [4.69, 9.17) is 9.40 Å². The van der Waals surface area contributed by atoms with Crippen molar-refractivity contribution in [1.29, 1.82) is 0 Å². The van der Waals surface area contributed by atoms with E-state index in [0.717, 1.165) is 38.8 Å². The zero-order chi connectivity index (χ0) is 26.4. The van der Waals surface area contributed by atoms with Crippen LogP contribution in [-0.2, 0) is 6.54 Å². The van der Waals surface area contributed by atoms with Gasteiger partial charge in [-0.1, -0.05) is 68.4 Å². The van der Waals surface area contributed by atoms with Crippen molar-refractivity contribution in [3.63, 3.8) is 0 Å². The number of nitrogens with one attached hydrogen (secondary N) is 1. The molecule has 0 radical (unpaired) electrons. The molecular formula is C32H27N3O3. The van der Waals surface area contributed by atoms with Crippen molar-refractivity contribution < 1.29 is 9.52 Å². The van der Waals surface area contributed by atoms with Crippen molar-refractivity contribution >= 4 is 38.5 Å². The molecule has 38 heavy (non-hydrogen) atoms. The van der Waals surface area contributed by atoms with Gasteiger partial charge in [0.2, 0.25) is 0 Å². The van der Waals surface area contributed by atoms with Crippen LogP contribution in [0.1, 0.15) is 43.5 Å². The summed E-state index contributed by atoms with van der Waals surface area (Å²) >= 11 is 0. The molecule has 0 saturated carbocycles. The fourth-order valence-corrected chi connectivity index (χ4v) is 4.95. The Hall–Kier alpha value is -4.71. The van der Waals surface area contributed by atoms with Gasteiger partial charge in [-0.3, -0.25) is 4.99 Å². The second-order valence-electron chi connectivity index (χ2n) is 9.84. The number of aromatic nitrogens is 2. The van der Waals surface area contributed by atoms with Crippen LogP contribution in [0.15, 0.2) is 93.1 Å². The minimum Gasteiger partial charge on any atom is -0.506 e. The van der Waals surface area contributed by atoms with Gasteiger partial charge in [0.05, 0.1) is 34.5 Å². The number of para-hydroxylation sites is 2. The summed E-state index contributed by atoms with van der Waals surface area (Å²) < 4.78 is 5.43. The van der Waals surface area contributed by atoms with Crippen LogP contribution < -0.4 is 5.63 Å². The predicted molar refractivity (Wildman–Crippen MR) is 153 cm³/mol. The van der Waals surface area contributed by atoms with E-state index in [9.17, 15) is 9.90 Å². The Morgan fingerprint density at radius 2 is 1.68 bits per heavy atom. The van der Waals surface area contributed by atoms with Crippen LogP contribution in [0.5, 0.6) is 5.75 Å². The molecule has 188 valence electrons. The molecule has 0 bridgehead atoms. The zero-order valence-corrected chi connectivity index (χ0v) is 21.4. The smallest absolute Gasteiger partial charge is 0.349 e. The number of rotatable bonds is 5. The van der Waals surface area contributed by atoms with Gasteiger partial charge in [-0.25, -0.2) is 9.78 Å². The molecule has 0 saturated heterocycles. The maximum absolute atomic E-state index is 12.7. The topological polar surface area (TPSA) is 91.5 Å². The van der Waals surface area contributed by atoms with Crippen molar-refractivity contribution in [1.82, 2.24) is 9.97 Å². The number of aromatic hydroxyl groups is 1. The Balaban J connectivity index is 1.46. The quantitative estimate of drug-likeness (QED) is 0.191. The summed E-state index contributed by atoms with van der Waals surface area (Å²) in [6, 6.07) is 25.7. The normalized spacial score (nSPS) is 12.3. The molecule has 3 heterocycles. The van der Waals surface area contributed by atoms with Crippen molar-refractivity contribution in [2.24, 2.45) is 4.99 Å². The number of fused-ring (bicyclic) bond motifs is 4. The number of hydrogen-bond acceptors (Lipinski definition) is 5. The number of aliphatic imine (C=N–C) groups is 1. The maximum atomic E-state index is 12.7. The lowest BCUT2D eigenvalue weighted by Crippen LogP contribution is -2.13. The van der Waals surface area contributed by atoms with Gasteiger partial charge in [0.15, 0.2) is 0 Å². The first-order valence-corrected chi connectivity index (χ1v) is 12.7. The van der Waals surface area contributed by atoms with Crippen LogP contribution in [0.25, 0.3) is 44.0 Å². The third-order valence-electron chi connectivity index (χ3n) is 7.03. The lowest BCUT2D eigenvalue weighted by atomic mass is 10.00. The van der Waals surface area contributed by atoms with Crippen LogP contribution in [0.4, 0.5) is 0 Å². The van der Waals surface area contributed by atoms with Gasteiger partial charge < -0.3 is 14.5 Å². The average molecular weight is 502 g/mol. The SMILES string of the molecule is CC(=NCc1cc2c([nH]c3ccccc32)c(-c2ccc(C(C)C)cc2)n1)c1c(O)c2ccccc2oc1=O. The first-order chi connectivity index (χ1) is 18.4. The minimum atomic E-state index is -0.617. The highest BCUT2D eigenvalue weighted by Crippen LogP contribution is 2.33. The second kappa shape index (κ2) is 9.30. The Kier molecular flexibility index (Phi) is 5.80. The Bertz CT molecular complexity index is 1910. The van der Waals surface area contributed by atoms with E-state index in [-0.39, 0.29) is 17.9 Å². The Labute approximate surface area is 219 Å². The summed E-state index contributed by atoms with van der Waals surface area (Å²) in [5, 5.41) is 13.5. The lowest BCUT2D eigenvalue weighted by molar-refractivity contribution is 0.466. The predicted octanol–water partition coefficient (Wildman–Crippen LogP) is 7.33. The van der Waals surface area contributed by atoms with Gasteiger partial charge in [0.25, 0.3) is 0 Å². The van der Waals surface area contributed by atoms with Gasteiger partial charge in [-0.2, -0.15) is 0 Å². The van der Waals surface area contributed by atoms with Crippen LogP contribution in [-0.4, -0.2) is 20.8 Å². The van der Waals surface area contributed by atoms with E-state index in [2.05, 4.69) is 60.2 Å². The highest BCUT2D eigenvalue weighted by molar-refractivity contribution is 6.11. The molecule has 0 aliphatic carbocycles. The van der Waals surface area contributed by atoms with E-state index >= 15 is 0 Å². The molecule has 3 aromatic heterocycles. The highest BCUT2D eigenvalue weighted by atomic mass is 16.4. The summed E-state index contributed by atoms with van der Waals surface area (Å²) in [5.41, 5.74) is 6.10. The first-order valence-electron chi connectivity index (χ1n) is 12.7. The first kappa shape index (κ1) is 23.7. The fraction of sp³-hybridized carbons (Fsp3) is 0.156. The van der Waals surface area contributed by atoms with Gasteiger partial charge >= 0.3 is 5.63 Å². The maximum Gasteiger partial charge on any atom is 0.349 e. The van der Waals surface area contributed by atoms with Crippen molar-refractivity contribution in [2.75, 3.05) is 0 Å². The molecule has 6 rings (SSSR count). The molecule has 0 fully saturated rings. The summed E-state index contributed by atoms with van der Waals surface area (Å²) in [6.07, 6.45) is 0. The third-order valence-corrected chi connectivity index (χ3v) is 7.03. The number of H-pyrrole nitrogens is 1. The number of hydrogen-bond donors (Lipinski definition) is 2. The molecule has 6 nitrogen and oxygen atoms in total. The molecule has 0 spiro atoms. The van der Waals surface area contributed by atoms with Gasteiger partial charge in [-0.15, -0.1) is 0 Å². The standard InChI is InChI=1S/C32H27N3O3/c1-18(2)20-12-14-21(15-13-20)29-30-25(23-8-4-6-10-26(23)35-30)16-22(34-29)17-33-19(3)28-31(36)24-9-5-7-11-27(24)38-32(28)37/h4-16,18,35-36H,17H2,1-3H3. The number of benzene rings is 3. The van der Waals surface area contributed by atoms with Crippen molar-refractivity contribution in [3.05, 3.63) is 106 Å². The molecule has 0 aliphatic rings. The van der Waals surface area contributed by atoms with E-state index in [1.807, 2.05) is 18.2 Å². The second-order valence-corrected chi connectivity index (χ2v) is 9.84.